The molecule has 1 aliphatic rings. The molecule has 1 rings (SSSR count). The van der Waals surface area contributed by atoms with E-state index >= 15 is 0 Å². The predicted molar refractivity (Wildman–Crippen MR) is 55.6 cm³/mol. The molecule has 0 aliphatic heterocycles. The topological polar surface area (TPSA) is 35.2 Å². The van der Waals surface area contributed by atoms with Crippen molar-refractivity contribution in [2.24, 2.45) is 11.7 Å². The Balaban J connectivity index is 2.48. The Bertz CT molecular complexity index is 149. The van der Waals surface area contributed by atoms with E-state index in [-0.39, 0.29) is 11.6 Å². The molecular weight excluding hydrogens is 162 g/mol. The van der Waals surface area contributed by atoms with Gasteiger partial charge < -0.3 is 10.5 Å². The molecule has 2 unspecified atom stereocenters. The molecule has 0 spiro atoms. The molecule has 1 saturated carbocycles. The number of methoxy groups -OCH3 is 1. The van der Waals surface area contributed by atoms with Gasteiger partial charge in [0.05, 0.1) is 5.60 Å². The zero-order valence-corrected chi connectivity index (χ0v) is 9.18. The maximum atomic E-state index is 6.23. The van der Waals surface area contributed by atoms with Crippen LogP contribution >= 0.6 is 0 Å². The van der Waals surface area contributed by atoms with E-state index in [9.17, 15) is 0 Å². The summed E-state index contributed by atoms with van der Waals surface area (Å²) in [5, 5.41) is 0. The number of rotatable bonds is 5. The third-order valence-electron chi connectivity index (χ3n) is 3.57. The summed E-state index contributed by atoms with van der Waals surface area (Å²) in [6.45, 7) is 4.46. The van der Waals surface area contributed by atoms with Crippen molar-refractivity contribution in [2.75, 3.05) is 7.11 Å². The van der Waals surface area contributed by atoms with Crippen molar-refractivity contribution in [3.8, 4) is 0 Å². The summed E-state index contributed by atoms with van der Waals surface area (Å²) in [6.07, 6.45) is 6.01. The lowest BCUT2D eigenvalue weighted by Gasteiger charge is -2.47. The highest BCUT2D eigenvalue weighted by atomic mass is 16.5. The van der Waals surface area contributed by atoms with E-state index < -0.39 is 0 Å². The zero-order valence-electron chi connectivity index (χ0n) is 9.18. The fourth-order valence-corrected chi connectivity index (χ4v) is 2.35. The highest BCUT2D eigenvalue weighted by Crippen LogP contribution is 2.40. The number of hydrogen-bond donors (Lipinski definition) is 1. The van der Waals surface area contributed by atoms with E-state index in [1.165, 1.54) is 19.3 Å². The van der Waals surface area contributed by atoms with Crippen LogP contribution in [0.3, 0.4) is 0 Å². The molecule has 0 amide bonds. The van der Waals surface area contributed by atoms with Gasteiger partial charge >= 0.3 is 0 Å². The highest BCUT2D eigenvalue weighted by Gasteiger charge is 2.44. The molecule has 78 valence electrons. The van der Waals surface area contributed by atoms with Gasteiger partial charge in [0.2, 0.25) is 0 Å². The average Bonchev–Trinajstić information content (AvgIpc) is 2.03. The summed E-state index contributed by atoms with van der Waals surface area (Å²) in [6, 6.07) is 0.228. The summed E-state index contributed by atoms with van der Waals surface area (Å²) >= 11 is 0. The van der Waals surface area contributed by atoms with Gasteiger partial charge in [-0.1, -0.05) is 20.3 Å². The maximum absolute atomic E-state index is 6.23. The summed E-state index contributed by atoms with van der Waals surface area (Å²) in [7, 11) is 1.80. The van der Waals surface area contributed by atoms with Crippen molar-refractivity contribution in [3.63, 3.8) is 0 Å². The second kappa shape index (κ2) is 4.43. The molecule has 0 bridgehead atoms. The van der Waals surface area contributed by atoms with Crippen LogP contribution in [0.15, 0.2) is 0 Å². The van der Waals surface area contributed by atoms with Gasteiger partial charge in [0.1, 0.15) is 0 Å². The molecular formula is C11H23NO. The molecule has 1 aliphatic carbocycles. The van der Waals surface area contributed by atoms with Crippen molar-refractivity contribution in [2.45, 2.75) is 57.6 Å². The lowest BCUT2D eigenvalue weighted by Crippen LogP contribution is -2.57. The maximum Gasteiger partial charge on any atom is 0.0831 e. The Morgan fingerprint density at radius 1 is 1.46 bits per heavy atom. The van der Waals surface area contributed by atoms with Crippen molar-refractivity contribution < 1.29 is 4.74 Å². The fourth-order valence-electron chi connectivity index (χ4n) is 2.35. The van der Waals surface area contributed by atoms with Gasteiger partial charge in [-0.3, -0.25) is 0 Å². The van der Waals surface area contributed by atoms with Gasteiger partial charge in [-0.15, -0.1) is 0 Å². The van der Waals surface area contributed by atoms with Crippen LogP contribution in [-0.2, 0) is 4.74 Å². The molecule has 13 heavy (non-hydrogen) atoms. The molecule has 0 radical (unpaired) electrons. The van der Waals surface area contributed by atoms with Crippen LogP contribution in [0.5, 0.6) is 0 Å². The minimum absolute atomic E-state index is 0.0224. The first kappa shape index (κ1) is 11.0. The molecule has 0 aromatic rings. The molecule has 0 aromatic heterocycles. The van der Waals surface area contributed by atoms with Crippen LogP contribution in [0.1, 0.15) is 46.0 Å². The molecule has 1 fully saturated rings. The van der Waals surface area contributed by atoms with Gasteiger partial charge in [0, 0.05) is 13.2 Å². The van der Waals surface area contributed by atoms with E-state index in [1.54, 1.807) is 7.11 Å². The standard InChI is InChI=1S/C11H23NO/c1-4-6-9(2)10(12)11(13-3)7-5-8-11/h9-10H,4-8,12H2,1-3H3. The molecule has 0 aromatic carbocycles. The minimum atomic E-state index is 0.0224. The van der Waals surface area contributed by atoms with E-state index in [0.29, 0.717) is 5.92 Å². The van der Waals surface area contributed by atoms with E-state index in [1.807, 2.05) is 0 Å². The molecule has 0 heterocycles. The summed E-state index contributed by atoms with van der Waals surface area (Å²) < 4.78 is 5.58. The molecule has 0 saturated heterocycles. The number of ether oxygens (including phenoxy) is 1. The van der Waals surface area contributed by atoms with Gasteiger partial charge in [-0.05, 0) is 31.6 Å². The van der Waals surface area contributed by atoms with Crippen molar-refractivity contribution in [1.82, 2.24) is 0 Å². The lowest BCUT2D eigenvalue weighted by atomic mass is 9.70. The SMILES string of the molecule is CCCC(C)C(N)C1(OC)CCC1. The summed E-state index contributed by atoms with van der Waals surface area (Å²) in [5.74, 6) is 0.588. The Kier molecular flexibility index (Phi) is 3.74. The Morgan fingerprint density at radius 3 is 2.38 bits per heavy atom. The van der Waals surface area contributed by atoms with E-state index in [2.05, 4.69) is 13.8 Å². The quantitative estimate of drug-likeness (QED) is 0.713. The largest absolute Gasteiger partial charge is 0.377 e. The first-order chi connectivity index (χ1) is 6.16. The summed E-state index contributed by atoms with van der Waals surface area (Å²) in [5.41, 5.74) is 6.25. The fraction of sp³-hybridized carbons (Fsp3) is 1.00. The van der Waals surface area contributed by atoms with Gasteiger partial charge in [-0.2, -0.15) is 0 Å². The first-order valence-electron chi connectivity index (χ1n) is 5.47. The smallest absolute Gasteiger partial charge is 0.0831 e. The number of nitrogens with two attached hydrogens (primary N) is 1. The predicted octanol–water partition coefficient (Wildman–Crippen LogP) is 2.32. The van der Waals surface area contributed by atoms with Gasteiger partial charge in [-0.25, -0.2) is 0 Å². The zero-order chi connectivity index (χ0) is 9.90. The monoisotopic (exact) mass is 185 g/mol. The second-order valence-corrected chi connectivity index (χ2v) is 4.41. The average molecular weight is 185 g/mol. The van der Waals surface area contributed by atoms with Crippen molar-refractivity contribution in [1.29, 1.82) is 0 Å². The number of hydrogen-bond acceptors (Lipinski definition) is 2. The van der Waals surface area contributed by atoms with E-state index in [4.69, 9.17) is 10.5 Å². The van der Waals surface area contributed by atoms with Crippen LogP contribution in [0, 0.1) is 5.92 Å². The molecule has 2 atom stereocenters. The molecule has 2 nitrogen and oxygen atoms in total. The lowest BCUT2D eigenvalue weighted by molar-refractivity contribution is -0.101. The highest BCUT2D eigenvalue weighted by molar-refractivity contribution is 4.99. The van der Waals surface area contributed by atoms with Gasteiger partial charge in [0.15, 0.2) is 0 Å². The van der Waals surface area contributed by atoms with Crippen LogP contribution in [0.25, 0.3) is 0 Å². The van der Waals surface area contributed by atoms with Crippen molar-refractivity contribution in [3.05, 3.63) is 0 Å². The van der Waals surface area contributed by atoms with Crippen LogP contribution < -0.4 is 5.73 Å². The first-order valence-corrected chi connectivity index (χ1v) is 5.47. The molecule has 2 N–H and O–H groups in total. The third kappa shape index (κ3) is 2.05. The summed E-state index contributed by atoms with van der Waals surface area (Å²) in [4.78, 5) is 0. The second-order valence-electron chi connectivity index (χ2n) is 4.41. The van der Waals surface area contributed by atoms with Crippen LogP contribution in [0.4, 0.5) is 0 Å². The Morgan fingerprint density at radius 2 is 2.08 bits per heavy atom. The normalized spacial score (nSPS) is 24.9. The van der Waals surface area contributed by atoms with Crippen LogP contribution in [-0.4, -0.2) is 18.8 Å². The molecule has 2 heteroatoms. The van der Waals surface area contributed by atoms with Crippen LogP contribution in [0.2, 0.25) is 0 Å². The van der Waals surface area contributed by atoms with Crippen molar-refractivity contribution >= 4 is 0 Å². The van der Waals surface area contributed by atoms with Gasteiger partial charge in [0.25, 0.3) is 0 Å². The Labute approximate surface area is 81.8 Å². The van der Waals surface area contributed by atoms with E-state index in [0.717, 1.165) is 12.8 Å². The third-order valence-corrected chi connectivity index (χ3v) is 3.57. The Hall–Kier alpha value is -0.0800. The minimum Gasteiger partial charge on any atom is -0.377 e.